The van der Waals surface area contributed by atoms with Crippen LogP contribution < -0.4 is 10.1 Å². The summed E-state index contributed by atoms with van der Waals surface area (Å²) in [6, 6.07) is 8.27. The van der Waals surface area contributed by atoms with Crippen molar-refractivity contribution in [2.24, 2.45) is 5.92 Å². The van der Waals surface area contributed by atoms with Crippen molar-refractivity contribution >= 4 is 29.6 Å². The smallest absolute Gasteiger partial charge is 0.408 e. The van der Waals surface area contributed by atoms with Gasteiger partial charge in [-0.2, -0.15) is 11.8 Å². The second-order valence-corrected chi connectivity index (χ2v) is 10.4. The first-order chi connectivity index (χ1) is 16.2. The van der Waals surface area contributed by atoms with Crippen molar-refractivity contribution in [3.05, 3.63) is 42.4 Å². The fraction of sp³-hybridized carbons (Fsp3) is 0.560. The number of nitrogens with one attached hydrogen (secondary N) is 1. The summed E-state index contributed by atoms with van der Waals surface area (Å²) < 4.78 is 22.5. The molecule has 0 saturated heterocycles. The average molecular weight is 492 g/mol. The molecule has 186 valence electrons. The van der Waals surface area contributed by atoms with E-state index in [1.54, 1.807) is 44.7 Å². The molecule has 1 aliphatic carbocycles. The number of ether oxygens (including phenoxy) is 4. The zero-order valence-electron chi connectivity index (χ0n) is 20.1. The van der Waals surface area contributed by atoms with Gasteiger partial charge in [0.15, 0.2) is 0 Å². The molecule has 9 heteroatoms. The lowest BCUT2D eigenvalue weighted by molar-refractivity contribution is -0.157. The third-order valence-corrected chi connectivity index (χ3v) is 6.16. The van der Waals surface area contributed by atoms with Gasteiger partial charge in [0.05, 0.1) is 5.92 Å². The standard InChI is InChI=1S/C25H33NO7S/c1-25(2,3)33-24(29)26-19(12-13-34-4)23(28)32-17-10-11-18-20(14-17)30-15-21(22(18)27)31-16-8-6-5-7-9-16/h5-9,15,17-20H,10-14H2,1-4H3,(H,26,29). The molecular formula is C25H33NO7S. The number of para-hydroxylation sites is 1. The number of hydrogen-bond acceptors (Lipinski definition) is 8. The number of alkyl carbamates (subject to hydrolysis) is 1. The molecule has 34 heavy (non-hydrogen) atoms. The minimum absolute atomic E-state index is 0.102. The van der Waals surface area contributed by atoms with Crippen LogP contribution in [0.15, 0.2) is 42.4 Å². The number of allylic oxidation sites excluding steroid dienone is 1. The lowest BCUT2D eigenvalue weighted by atomic mass is 9.80. The highest BCUT2D eigenvalue weighted by molar-refractivity contribution is 7.98. The summed E-state index contributed by atoms with van der Waals surface area (Å²) in [7, 11) is 0. The summed E-state index contributed by atoms with van der Waals surface area (Å²) in [5, 5.41) is 2.63. The highest BCUT2D eigenvalue weighted by Crippen LogP contribution is 2.35. The number of benzene rings is 1. The second-order valence-electron chi connectivity index (χ2n) is 9.39. The number of thioether (sulfide) groups is 1. The van der Waals surface area contributed by atoms with Gasteiger partial charge in [-0.25, -0.2) is 9.59 Å². The number of carbonyl (C=O) groups is 3. The Morgan fingerprint density at radius 3 is 2.62 bits per heavy atom. The Balaban J connectivity index is 1.57. The molecule has 4 atom stereocenters. The Hall–Kier alpha value is -2.68. The Labute approximate surface area is 204 Å². The molecule has 1 aliphatic heterocycles. The summed E-state index contributed by atoms with van der Waals surface area (Å²) in [4.78, 5) is 38.0. The van der Waals surface area contributed by atoms with Gasteiger partial charge in [-0.1, -0.05) is 18.2 Å². The average Bonchev–Trinajstić information content (AvgIpc) is 2.78. The monoisotopic (exact) mass is 491 g/mol. The summed E-state index contributed by atoms with van der Waals surface area (Å²) in [6.45, 7) is 5.28. The van der Waals surface area contributed by atoms with Crippen LogP contribution in [0, 0.1) is 5.92 Å². The van der Waals surface area contributed by atoms with E-state index >= 15 is 0 Å². The summed E-state index contributed by atoms with van der Waals surface area (Å²) in [6.07, 6.45) is 3.72. The lowest BCUT2D eigenvalue weighted by Crippen LogP contribution is -2.47. The van der Waals surface area contributed by atoms with Crippen LogP contribution in [-0.4, -0.2) is 53.7 Å². The molecule has 1 amide bonds. The van der Waals surface area contributed by atoms with Crippen LogP contribution >= 0.6 is 11.8 Å². The fourth-order valence-electron chi connectivity index (χ4n) is 3.91. The van der Waals surface area contributed by atoms with E-state index in [-0.39, 0.29) is 23.6 Å². The minimum atomic E-state index is -0.806. The van der Waals surface area contributed by atoms with E-state index in [0.717, 1.165) is 0 Å². The Morgan fingerprint density at radius 2 is 1.94 bits per heavy atom. The molecule has 4 unspecified atom stereocenters. The molecule has 8 nitrogen and oxygen atoms in total. The molecule has 0 bridgehead atoms. The predicted octanol–water partition coefficient (Wildman–Crippen LogP) is 4.23. The Morgan fingerprint density at radius 1 is 1.21 bits per heavy atom. The molecule has 1 fully saturated rings. The van der Waals surface area contributed by atoms with Gasteiger partial charge in [-0.05, 0) is 64.2 Å². The van der Waals surface area contributed by atoms with Crippen molar-refractivity contribution in [3.8, 4) is 5.75 Å². The molecule has 1 heterocycles. The molecule has 2 aliphatic rings. The maximum Gasteiger partial charge on any atom is 0.408 e. The topological polar surface area (TPSA) is 100 Å². The lowest BCUT2D eigenvalue weighted by Gasteiger charge is -2.37. The van der Waals surface area contributed by atoms with Gasteiger partial charge in [-0.15, -0.1) is 0 Å². The van der Waals surface area contributed by atoms with Gasteiger partial charge in [0.25, 0.3) is 0 Å². The van der Waals surface area contributed by atoms with Gasteiger partial charge < -0.3 is 24.3 Å². The van der Waals surface area contributed by atoms with E-state index in [2.05, 4.69) is 5.32 Å². The van der Waals surface area contributed by atoms with Crippen molar-refractivity contribution < 1.29 is 33.3 Å². The van der Waals surface area contributed by atoms with Crippen LogP contribution in [-0.2, 0) is 23.8 Å². The van der Waals surface area contributed by atoms with Gasteiger partial charge in [0.2, 0.25) is 11.5 Å². The van der Waals surface area contributed by atoms with Crippen molar-refractivity contribution in [3.63, 3.8) is 0 Å². The van der Waals surface area contributed by atoms with Crippen molar-refractivity contribution in [1.29, 1.82) is 0 Å². The van der Waals surface area contributed by atoms with E-state index in [1.807, 2.05) is 24.5 Å². The number of hydrogen-bond donors (Lipinski definition) is 1. The van der Waals surface area contributed by atoms with Gasteiger partial charge in [0, 0.05) is 6.42 Å². The van der Waals surface area contributed by atoms with E-state index < -0.39 is 29.8 Å². The number of rotatable bonds is 8. The van der Waals surface area contributed by atoms with Gasteiger partial charge >= 0.3 is 12.1 Å². The molecule has 0 aromatic heterocycles. The van der Waals surface area contributed by atoms with Crippen LogP contribution in [0.1, 0.15) is 46.5 Å². The van der Waals surface area contributed by atoms with Crippen molar-refractivity contribution in [1.82, 2.24) is 5.32 Å². The number of Topliss-reactive ketones (excluding diaryl/α,β-unsaturated/α-hetero) is 1. The predicted molar refractivity (Wildman–Crippen MR) is 128 cm³/mol. The number of amides is 1. The number of carbonyl (C=O) groups excluding carboxylic acids is 3. The maximum absolute atomic E-state index is 12.9. The SMILES string of the molecule is CSCCC(NC(=O)OC(C)(C)C)C(=O)OC1CCC2C(=O)C(Oc3ccccc3)=COC2C1. The first-order valence-corrected chi connectivity index (χ1v) is 12.9. The molecular weight excluding hydrogens is 458 g/mol. The molecule has 0 radical (unpaired) electrons. The first-order valence-electron chi connectivity index (χ1n) is 11.5. The van der Waals surface area contributed by atoms with Crippen LogP contribution in [0.4, 0.5) is 4.79 Å². The molecule has 1 aromatic rings. The fourth-order valence-corrected chi connectivity index (χ4v) is 4.38. The molecule has 1 N–H and O–H groups in total. The van der Waals surface area contributed by atoms with Crippen molar-refractivity contribution in [2.45, 2.75) is 70.3 Å². The van der Waals surface area contributed by atoms with E-state index in [9.17, 15) is 14.4 Å². The normalized spacial score (nSPS) is 23.0. The number of esters is 1. The number of fused-ring (bicyclic) bond motifs is 1. The second kappa shape index (κ2) is 11.6. The first kappa shape index (κ1) is 25.9. The van der Waals surface area contributed by atoms with E-state index in [1.165, 1.54) is 6.26 Å². The number of ketones is 1. The highest BCUT2D eigenvalue weighted by Gasteiger charge is 2.42. The zero-order chi connectivity index (χ0) is 24.7. The molecule has 0 spiro atoms. The van der Waals surface area contributed by atoms with Crippen LogP contribution in [0.5, 0.6) is 5.75 Å². The van der Waals surface area contributed by atoms with E-state index in [4.69, 9.17) is 18.9 Å². The summed E-state index contributed by atoms with van der Waals surface area (Å²) >= 11 is 1.57. The van der Waals surface area contributed by atoms with Crippen LogP contribution in [0.2, 0.25) is 0 Å². The molecule has 1 saturated carbocycles. The van der Waals surface area contributed by atoms with Gasteiger partial charge in [-0.3, -0.25) is 4.79 Å². The van der Waals surface area contributed by atoms with E-state index in [0.29, 0.717) is 37.2 Å². The van der Waals surface area contributed by atoms with Crippen LogP contribution in [0.25, 0.3) is 0 Å². The van der Waals surface area contributed by atoms with Gasteiger partial charge in [0.1, 0.15) is 35.9 Å². The largest absolute Gasteiger partial charge is 0.493 e. The Kier molecular flexibility index (Phi) is 8.88. The summed E-state index contributed by atoms with van der Waals surface area (Å²) in [5.74, 6) is 0.480. The highest BCUT2D eigenvalue weighted by atomic mass is 32.2. The molecule has 1 aromatic carbocycles. The molecule has 3 rings (SSSR count). The third kappa shape index (κ3) is 7.41. The quantitative estimate of drug-likeness (QED) is 0.539. The third-order valence-electron chi connectivity index (χ3n) is 5.51. The van der Waals surface area contributed by atoms with Crippen molar-refractivity contribution in [2.75, 3.05) is 12.0 Å². The Bertz CT molecular complexity index is 896. The zero-order valence-corrected chi connectivity index (χ0v) is 20.9. The minimum Gasteiger partial charge on any atom is -0.493 e. The summed E-state index contributed by atoms with van der Waals surface area (Å²) in [5.41, 5.74) is -0.669. The maximum atomic E-state index is 12.9. The van der Waals surface area contributed by atoms with Crippen LogP contribution in [0.3, 0.4) is 0 Å².